The second-order valence-corrected chi connectivity index (χ2v) is 6.62. The molecule has 0 aliphatic rings. The Morgan fingerprint density at radius 1 is 0.684 bits per heavy atom. The Labute approximate surface area is 125 Å². The molecule has 1 radical (unpaired) electrons. The van der Waals surface area contributed by atoms with E-state index in [0.29, 0.717) is 6.42 Å². The molecule has 2 heteroatoms. The number of rotatable bonds is 16. The van der Waals surface area contributed by atoms with Crippen LogP contribution in [0.3, 0.4) is 0 Å². The topological polar surface area (TPSA) is 17.1 Å². The fraction of sp³-hybridized carbons (Fsp3) is 0.941. The quantitative estimate of drug-likeness (QED) is 0.327. The van der Waals surface area contributed by atoms with Crippen molar-refractivity contribution in [2.45, 2.75) is 90.4 Å². The van der Waals surface area contributed by atoms with Gasteiger partial charge in [-0.1, -0.05) is 64.7 Å². The molecule has 0 unspecified atom stereocenters. The molecular weight excluding hydrogens is 252 g/mol. The maximum atomic E-state index is 10.0. The third kappa shape index (κ3) is 18.0. The zero-order chi connectivity index (χ0) is 14.0. The van der Waals surface area contributed by atoms with E-state index >= 15 is 0 Å². The Hall–Kier alpha value is 0.0200. The summed E-state index contributed by atoms with van der Waals surface area (Å²) < 4.78 is 0. The first-order chi connectivity index (χ1) is 9.41. The molecule has 0 amide bonds. The van der Waals surface area contributed by atoms with E-state index in [1.54, 1.807) is 0 Å². The Bertz CT molecular complexity index is 171. The van der Waals surface area contributed by atoms with Crippen LogP contribution in [0.25, 0.3) is 0 Å². The number of hydrogen-bond acceptors (Lipinski definition) is 2. The molecule has 0 heterocycles. The van der Waals surface area contributed by atoms with Gasteiger partial charge in [-0.15, -0.1) is 0 Å². The molecule has 0 aliphatic heterocycles. The lowest BCUT2D eigenvalue weighted by Gasteiger charge is -2.02. The van der Waals surface area contributed by atoms with Gasteiger partial charge in [0.05, 0.1) is 0 Å². The van der Waals surface area contributed by atoms with Crippen molar-refractivity contribution in [2.24, 2.45) is 0 Å². The molecule has 0 fully saturated rings. The molecule has 0 rings (SSSR count). The standard InChI is InChI=1S/C17H33OS/c1-2-3-4-5-6-7-8-9-10-13-16-19-17-14-11-12-15-18/h2-14,16-17H2,1H3. The maximum absolute atomic E-state index is 10.0. The van der Waals surface area contributed by atoms with Crippen molar-refractivity contribution < 1.29 is 4.79 Å². The van der Waals surface area contributed by atoms with Crippen molar-refractivity contribution in [1.82, 2.24) is 0 Å². The largest absolute Gasteiger partial charge is 0.291 e. The van der Waals surface area contributed by atoms with Crippen molar-refractivity contribution in [3.05, 3.63) is 0 Å². The maximum Gasteiger partial charge on any atom is 0.198 e. The second-order valence-electron chi connectivity index (χ2n) is 5.40. The monoisotopic (exact) mass is 285 g/mol. The SMILES string of the molecule is CCCCCCCCCCCCSCCCC[C]=O. The van der Waals surface area contributed by atoms with Crippen molar-refractivity contribution in [3.8, 4) is 0 Å². The summed E-state index contributed by atoms with van der Waals surface area (Å²) in [5.41, 5.74) is 0. The number of carbonyl (C=O) groups excluding carboxylic acids is 1. The van der Waals surface area contributed by atoms with Gasteiger partial charge in [0, 0.05) is 6.42 Å². The Morgan fingerprint density at radius 2 is 1.16 bits per heavy atom. The van der Waals surface area contributed by atoms with Gasteiger partial charge in [0.2, 0.25) is 0 Å². The lowest BCUT2D eigenvalue weighted by Crippen LogP contribution is -1.86. The van der Waals surface area contributed by atoms with E-state index in [1.807, 2.05) is 6.29 Å². The van der Waals surface area contributed by atoms with Gasteiger partial charge in [0.15, 0.2) is 6.29 Å². The zero-order valence-corrected chi connectivity index (χ0v) is 13.7. The average Bonchev–Trinajstić information content (AvgIpc) is 2.43. The van der Waals surface area contributed by atoms with Gasteiger partial charge in [-0.05, 0) is 30.8 Å². The van der Waals surface area contributed by atoms with E-state index in [4.69, 9.17) is 0 Å². The van der Waals surface area contributed by atoms with E-state index in [-0.39, 0.29) is 0 Å². The Balaban J connectivity index is 2.89. The van der Waals surface area contributed by atoms with Crippen LogP contribution in [0.15, 0.2) is 0 Å². The van der Waals surface area contributed by atoms with Crippen LogP contribution in [0.2, 0.25) is 0 Å². The second kappa shape index (κ2) is 18.0. The van der Waals surface area contributed by atoms with Crippen molar-refractivity contribution >= 4 is 18.0 Å². The van der Waals surface area contributed by atoms with Gasteiger partial charge < -0.3 is 0 Å². The van der Waals surface area contributed by atoms with Crippen LogP contribution in [0, 0.1) is 0 Å². The molecule has 0 aromatic carbocycles. The third-order valence-corrected chi connectivity index (χ3v) is 4.61. The van der Waals surface area contributed by atoms with Crippen molar-refractivity contribution in [3.63, 3.8) is 0 Å². The third-order valence-electron chi connectivity index (χ3n) is 3.46. The highest BCUT2D eigenvalue weighted by Gasteiger charge is 1.94. The molecule has 113 valence electrons. The van der Waals surface area contributed by atoms with Crippen LogP contribution in [0.5, 0.6) is 0 Å². The summed E-state index contributed by atoms with van der Waals surface area (Å²) in [6.07, 6.45) is 19.0. The highest BCUT2D eigenvalue weighted by molar-refractivity contribution is 7.99. The summed E-state index contributed by atoms with van der Waals surface area (Å²) in [5, 5.41) is 0. The van der Waals surface area contributed by atoms with Crippen LogP contribution in [-0.4, -0.2) is 17.8 Å². The summed E-state index contributed by atoms with van der Waals surface area (Å²) in [7, 11) is 0. The normalized spacial score (nSPS) is 10.8. The lowest BCUT2D eigenvalue weighted by molar-refractivity contribution is 0.548. The van der Waals surface area contributed by atoms with Crippen molar-refractivity contribution in [2.75, 3.05) is 11.5 Å². The zero-order valence-electron chi connectivity index (χ0n) is 12.9. The first-order valence-electron chi connectivity index (χ1n) is 8.34. The molecule has 0 aromatic heterocycles. The van der Waals surface area contributed by atoms with Gasteiger partial charge in [0.1, 0.15) is 0 Å². The van der Waals surface area contributed by atoms with E-state index in [0.717, 1.165) is 6.42 Å². The first-order valence-corrected chi connectivity index (χ1v) is 9.50. The minimum absolute atomic E-state index is 0.624. The van der Waals surface area contributed by atoms with E-state index in [2.05, 4.69) is 18.7 Å². The van der Waals surface area contributed by atoms with Crippen LogP contribution < -0.4 is 0 Å². The van der Waals surface area contributed by atoms with Gasteiger partial charge >= 0.3 is 0 Å². The Morgan fingerprint density at radius 3 is 1.68 bits per heavy atom. The summed E-state index contributed by atoms with van der Waals surface area (Å²) in [6.45, 7) is 2.28. The number of thioether (sulfide) groups is 1. The van der Waals surface area contributed by atoms with E-state index in [9.17, 15) is 4.79 Å². The number of hydrogen-bond donors (Lipinski definition) is 0. The highest BCUT2D eigenvalue weighted by Crippen LogP contribution is 2.13. The molecule has 0 saturated carbocycles. The van der Waals surface area contributed by atoms with Crippen LogP contribution >= 0.6 is 11.8 Å². The molecule has 0 spiro atoms. The molecule has 0 aliphatic carbocycles. The molecule has 0 N–H and O–H groups in total. The molecular formula is C17H33OS. The summed E-state index contributed by atoms with van der Waals surface area (Å²) in [4.78, 5) is 10.0. The predicted octanol–water partition coefficient (Wildman–Crippen LogP) is 5.92. The summed E-state index contributed by atoms with van der Waals surface area (Å²) >= 11 is 2.05. The van der Waals surface area contributed by atoms with Gasteiger partial charge in [-0.2, -0.15) is 11.8 Å². The molecule has 0 saturated heterocycles. The molecule has 0 bridgehead atoms. The predicted molar refractivity (Wildman–Crippen MR) is 88.7 cm³/mol. The van der Waals surface area contributed by atoms with Crippen molar-refractivity contribution in [1.29, 1.82) is 0 Å². The van der Waals surface area contributed by atoms with Crippen LogP contribution in [0.1, 0.15) is 90.4 Å². The van der Waals surface area contributed by atoms with Gasteiger partial charge in [-0.3, -0.25) is 4.79 Å². The Kier molecular flexibility index (Phi) is 18.0. The molecule has 1 nitrogen and oxygen atoms in total. The van der Waals surface area contributed by atoms with Crippen LogP contribution in [0.4, 0.5) is 0 Å². The fourth-order valence-corrected chi connectivity index (χ4v) is 3.22. The first kappa shape index (κ1) is 19.0. The summed E-state index contributed by atoms with van der Waals surface area (Å²) in [6, 6.07) is 0. The fourth-order valence-electron chi connectivity index (χ4n) is 2.19. The van der Waals surface area contributed by atoms with E-state index < -0.39 is 0 Å². The summed E-state index contributed by atoms with van der Waals surface area (Å²) in [5.74, 6) is 2.53. The van der Waals surface area contributed by atoms with Gasteiger partial charge in [-0.25, -0.2) is 0 Å². The number of unbranched alkanes of at least 4 members (excludes halogenated alkanes) is 11. The minimum atomic E-state index is 0.624. The molecule has 0 atom stereocenters. The molecule has 0 aromatic rings. The van der Waals surface area contributed by atoms with Crippen LogP contribution in [-0.2, 0) is 4.79 Å². The lowest BCUT2D eigenvalue weighted by atomic mass is 10.1. The minimum Gasteiger partial charge on any atom is -0.291 e. The average molecular weight is 286 g/mol. The molecule has 19 heavy (non-hydrogen) atoms. The van der Waals surface area contributed by atoms with Gasteiger partial charge in [0.25, 0.3) is 0 Å². The van der Waals surface area contributed by atoms with E-state index in [1.165, 1.54) is 82.1 Å². The smallest absolute Gasteiger partial charge is 0.198 e. The highest BCUT2D eigenvalue weighted by atomic mass is 32.2.